The number of benzene rings is 1. The molecule has 0 saturated carbocycles. The van der Waals surface area contributed by atoms with Gasteiger partial charge in [0, 0.05) is 43.2 Å². The first-order valence-electron chi connectivity index (χ1n) is 9.66. The average Bonchev–Trinajstić information content (AvgIpc) is 3.21. The second-order valence-electron chi connectivity index (χ2n) is 6.62. The van der Waals surface area contributed by atoms with Crippen molar-refractivity contribution >= 4 is 12.0 Å². The molecule has 29 heavy (non-hydrogen) atoms. The van der Waals surface area contributed by atoms with E-state index in [1.807, 2.05) is 36.5 Å². The highest BCUT2D eigenvalue weighted by molar-refractivity contribution is 5.77. The van der Waals surface area contributed by atoms with Crippen molar-refractivity contribution in [2.75, 3.05) is 33.9 Å². The molecule has 156 valence electrons. The van der Waals surface area contributed by atoms with Crippen LogP contribution in [0.15, 0.2) is 36.5 Å². The van der Waals surface area contributed by atoms with Crippen molar-refractivity contribution in [3.63, 3.8) is 0 Å². The van der Waals surface area contributed by atoms with Gasteiger partial charge in [-0.05, 0) is 31.2 Å². The van der Waals surface area contributed by atoms with Crippen LogP contribution in [0.3, 0.4) is 0 Å². The van der Waals surface area contributed by atoms with Crippen molar-refractivity contribution in [1.82, 2.24) is 14.8 Å². The Labute approximate surface area is 170 Å². The van der Waals surface area contributed by atoms with E-state index in [4.69, 9.17) is 14.2 Å². The van der Waals surface area contributed by atoms with Crippen LogP contribution < -0.4 is 14.8 Å². The molecule has 8 heteroatoms. The summed E-state index contributed by atoms with van der Waals surface area (Å²) in [6.45, 7) is 3.54. The maximum Gasteiger partial charge on any atom is 0.318 e. The van der Waals surface area contributed by atoms with Crippen LogP contribution in [0.2, 0.25) is 0 Å². The highest BCUT2D eigenvalue weighted by atomic mass is 16.5. The number of carbonyl (C=O) groups is 2. The first-order chi connectivity index (χ1) is 14.1. The van der Waals surface area contributed by atoms with E-state index in [-0.39, 0.29) is 31.0 Å². The number of nitrogens with one attached hydrogen (secondary N) is 1. The van der Waals surface area contributed by atoms with Gasteiger partial charge in [-0.2, -0.15) is 0 Å². The lowest BCUT2D eigenvalue weighted by Gasteiger charge is -2.37. The molecule has 1 aromatic heterocycles. The highest BCUT2D eigenvalue weighted by Crippen LogP contribution is 2.38. The minimum atomic E-state index is -0.325. The summed E-state index contributed by atoms with van der Waals surface area (Å²) in [4.78, 5) is 26.3. The van der Waals surface area contributed by atoms with Crippen molar-refractivity contribution in [1.29, 1.82) is 0 Å². The first kappa shape index (κ1) is 20.6. The number of ether oxygens (including phenoxy) is 3. The summed E-state index contributed by atoms with van der Waals surface area (Å²) in [5, 5.41) is 2.84. The Balaban J connectivity index is 1.85. The Bertz CT molecular complexity index is 864. The van der Waals surface area contributed by atoms with E-state index >= 15 is 0 Å². The van der Waals surface area contributed by atoms with Gasteiger partial charge in [-0.15, -0.1) is 0 Å². The van der Waals surface area contributed by atoms with Gasteiger partial charge in [0.1, 0.15) is 17.5 Å². The molecule has 1 N–H and O–H groups in total. The van der Waals surface area contributed by atoms with E-state index in [2.05, 4.69) is 9.88 Å². The minimum Gasteiger partial charge on any atom is -0.497 e. The largest absolute Gasteiger partial charge is 0.497 e. The van der Waals surface area contributed by atoms with Crippen LogP contribution >= 0.6 is 0 Å². The lowest BCUT2D eigenvalue weighted by atomic mass is 9.99. The van der Waals surface area contributed by atoms with E-state index in [0.29, 0.717) is 31.2 Å². The lowest BCUT2D eigenvalue weighted by Crippen LogP contribution is -2.47. The molecule has 2 heterocycles. The minimum absolute atomic E-state index is 0.139. The smallest absolute Gasteiger partial charge is 0.318 e. The zero-order valence-electron chi connectivity index (χ0n) is 17.0. The molecule has 3 rings (SSSR count). The molecule has 0 spiro atoms. The number of esters is 1. The summed E-state index contributed by atoms with van der Waals surface area (Å²) in [5.74, 6) is 1.00. The molecule has 0 unspecified atom stereocenters. The van der Waals surface area contributed by atoms with Crippen molar-refractivity contribution in [2.45, 2.75) is 25.9 Å². The summed E-state index contributed by atoms with van der Waals surface area (Å²) < 4.78 is 17.9. The van der Waals surface area contributed by atoms with Crippen molar-refractivity contribution in [2.24, 2.45) is 0 Å². The van der Waals surface area contributed by atoms with E-state index in [1.54, 1.807) is 26.0 Å². The molecule has 1 atom stereocenters. The first-order valence-corrected chi connectivity index (χ1v) is 9.66. The maximum absolute atomic E-state index is 13.0. The van der Waals surface area contributed by atoms with Gasteiger partial charge in [0.2, 0.25) is 0 Å². The van der Waals surface area contributed by atoms with Gasteiger partial charge in [-0.1, -0.05) is 0 Å². The van der Waals surface area contributed by atoms with Gasteiger partial charge in [0.05, 0.1) is 27.2 Å². The van der Waals surface area contributed by atoms with Gasteiger partial charge in [-0.3, -0.25) is 4.79 Å². The van der Waals surface area contributed by atoms with Crippen LogP contribution in [0.25, 0.3) is 0 Å². The molecule has 1 aromatic carbocycles. The Morgan fingerprint density at radius 1 is 1.17 bits per heavy atom. The Kier molecular flexibility index (Phi) is 6.64. The topological polar surface area (TPSA) is 82.0 Å². The second-order valence-corrected chi connectivity index (χ2v) is 6.62. The molecular formula is C21H27N3O5. The van der Waals surface area contributed by atoms with Crippen molar-refractivity contribution in [3.05, 3.63) is 47.8 Å². The number of rotatable bonds is 7. The number of nitrogens with zero attached hydrogens (tertiary/aromatic N) is 2. The normalized spacial score (nSPS) is 15.4. The number of aromatic nitrogens is 1. The molecule has 1 aliphatic heterocycles. The van der Waals surface area contributed by atoms with Gasteiger partial charge >= 0.3 is 12.0 Å². The maximum atomic E-state index is 13.0. The standard InChI is InChI=1S/C21H27N3O5/c1-4-29-19(25)9-10-22-21(26)24-13-12-23-11-5-6-17(23)20(24)16-8-7-15(27-2)14-18(16)28-3/h5-8,11,14,20H,4,9-10,12-13H2,1-3H3,(H,22,26)/t20-/m0/s1. The summed E-state index contributed by atoms with van der Waals surface area (Å²) in [6, 6.07) is 9.02. The van der Waals surface area contributed by atoms with Crippen LogP contribution in [-0.2, 0) is 16.1 Å². The number of urea groups is 1. The van der Waals surface area contributed by atoms with Gasteiger partial charge < -0.3 is 29.0 Å². The van der Waals surface area contributed by atoms with E-state index in [1.165, 1.54) is 0 Å². The summed E-state index contributed by atoms with van der Waals surface area (Å²) in [5.41, 5.74) is 1.87. The second kappa shape index (κ2) is 9.36. The Morgan fingerprint density at radius 2 is 2.00 bits per heavy atom. The summed E-state index contributed by atoms with van der Waals surface area (Å²) in [7, 11) is 3.20. The van der Waals surface area contributed by atoms with Gasteiger partial charge in [0.25, 0.3) is 0 Å². The van der Waals surface area contributed by atoms with Crippen molar-refractivity contribution in [3.8, 4) is 11.5 Å². The number of hydrogen-bond acceptors (Lipinski definition) is 5. The Morgan fingerprint density at radius 3 is 2.72 bits per heavy atom. The quantitative estimate of drug-likeness (QED) is 0.721. The van der Waals surface area contributed by atoms with Crippen molar-refractivity contribution < 1.29 is 23.8 Å². The molecule has 0 radical (unpaired) electrons. The van der Waals surface area contributed by atoms with E-state index in [0.717, 1.165) is 11.3 Å². The van der Waals surface area contributed by atoms with E-state index < -0.39 is 0 Å². The molecule has 2 amide bonds. The molecule has 1 aliphatic rings. The third-order valence-corrected chi connectivity index (χ3v) is 4.95. The zero-order chi connectivity index (χ0) is 20.8. The fourth-order valence-electron chi connectivity index (χ4n) is 3.58. The Hall–Kier alpha value is -3.16. The molecule has 0 fully saturated rings. The molecule has 0 bridgehead atoms. The monoisotopic (exact) mass is 401 g/mol. The van der Waals surface area contributed by atoms with E-state index in [9.17, 15) is 9.59 Å². The van der Waals surface area contributed by atoms with Crippen LogP contribution in [0.4, 0.5) is 4.79 Å². The SMILES string of the molecule is CCOC(=O)CCNC(=O)N1CCn2cccc2[C@@H]1c1ccc(OC)cc1OC. The predicted molar refractivity (Wildman–Crippen MR) is 107 cm³/mol. The summed E-state index contributed by atoms with van der Waals surface area (Å²) >= 11 is 0. The number of methoxy groups -OCH3 is 2. The predicted octanol–water partition coefficient (Wildman–Crippen LogP) is 2.57. The molecule has 0 saturated heterocycles. The number of carbonyl (C=O) groups excluding carboxylic acids is 2. The molecular weight excluding hydrogens is 374 g/mol. The molecule has 8 nitrogen and oxygen atoms in total. The summed E-state index contributed by atoms with van der Waals surface area (Å²) in [6.07, 6.45) is 2.15. The average molecular weight is 401 g/mol. The van der Waals surface area contributed by atoms with Crippen LogP contribution in [0.5, 0.6) is 11.5 Å². The van der Waals surface area contributed by atoms with Crippen LogP contribution in [0.1, 0.15) is 30.6 Å². The molecule has 2 aromatic rings. The third-order valence-electron chi connectivity index (χ3n) is 4.95. The fraction of sp³-hybridized carbons (Fsp3) is 0.429. The number of amides is 2. The lowest BCUT2D eigenvalue weighted by molar-refractivity contribution is -0.142. The highest BCUT2D eigenvalue weighted by Gasteiger charge is 2.34. The zero-order valence-corrected chi connectivity index (χ0v) is 17.0. The number of hydrogen-bond donors (Lipinski definition) is 1. The van der Waals surface area contributed by atoms with Crippen LogP contribution in [0, 0.1) is 0 Å². The third kappa shape index (κ3) is 4.47. The number of fused-ring (bicyclic) bond motifs is 1. The molecule has 0 aliphatic carbocycles. The fourth-order valence-corrected chi connectivity index (χ4v) is 3.58. The van der Waals surface area contributed by atoms with Crippen LogP contribution in [-0.4, -0.2) is 55.4 Å². The van der Waals surface area contributed by atoms with Gasteiger partial charge in [-0.25, -0.2) is 4.79 Å². The van der Waals surface area contributed by atoms with Gasteiger partial charge in [0.15, 0.2) is 0 Å².